The van der Waals surface area contributed by atoms with Crippen molar-refractivity contribution in [1.82, 2.24) is 15.5 Å². The van der Waals surface area contributed by atoms with Crippen molar-refractivity contribution in [3.63, 3.8) is 0 Å². The van der Waals surface area contributed by atoms with Crippen LogP contribution in [0.4, 0.5) is 0 Å². The smallest absolute Gasteiger partial charge is 0.242 e. The zero-order chi connectivity index (χ0) is 16.8. The van der Waals surface area contributed by atoms with Crippen molar-refractivity contribution in [2.45, 2.75) is 52.6 Å². The van der Waals surface area contributed by atoms with Gasteiger partial charge in [-0.25, -0.2) is 0 Å². The molecule has 0 aromatic heterocycles. The second-order valence-electron chi connectivity index (χ2n) is 6.59. The molecule has 1 aliphatic rings. The van der Waals surface area contributed by atoms with Gasteiger partial charge in [-0.1, -0.05) is 20.8 Å². The Balaban J connectivity index is 2.63. The number of nitrogens with one attached hydrogen (secondary N) is 2. The highest BCUT2D eigenvalue weighted by Gasteiger charge is 2.33. The summed E-state index contributed by atoms with van der Waals surface area (Å²) in [6.45, 7) is 13.4. The molecule has 1 aliphatic heterocycles. The van der Waals surface area contributed by atoms with Gasteiger partial charge in [0.2, 0.25) is 11.8 Å². The second-order valence-corrected chi connectivity index (χ2v) is 6.59. The molecule has 128 valence electrons. The third-order valence-corrected chi connectivity index (χ3v) is 4.49. The minimum absolute atomic E-state index is 0.0557. The van der Waals surface area contributed by atoms with Gasteiger partial charge in [-0.15, -0.1) is 0 Å². The second kappa shape index (κ2) is 8.48. The predicted molar refractivity (Wildman–Crippen MR) is 86.5 cm³/mol. The minimum atomic E-state index is -0.483. The van der Waals surface area contributed by atoms with Crippen LogP contribution < -0.4 is 10.6 Å². The number of hydrogen-bond donors (Lipinski definition) is 2. The van der Waals surface area contributed by atoms with Crippen LogP contribution in [0.3, 0.4) is 0 Å². The molecule has 1 heterocycles. The Bertz CT molecular complexity index is 381. The summed E-state index contributed by atoms with van der Waals surface area (Å²) < 4.78 is 5.40. The predicted octanol–water partition coefficient (Wildman–Crippen LogP) is 0.764. The number of rotatable bonds is 7. The van der Waals surface area contributed by atoms with E-state index in [1.54, 1.807) is 0 Å². The van der Waals surface area contributed by atoms with E-state index in [2.05, 4.69) is 29.4 Å². The average Bonchev–Trinajstić information content (AvgIpc) is 2.50. The first kappa shape index (κ1) is 18.9. The molecule has 1 fully saturated rings. The van der Waals surface area contributed by atoms with Gasteiger partial charge in [0.15, 0.2) is 0 Å². The molecule has 6 nitrogen and oxygen atoms in total. The molecule has 2 amide bonds. The fourth-order valence-corrected chi connectivity index (χ4v) is 2.71. The highest BCUT2D eigenvalue weighted by Crippen LogP contribution is 2.20. The van der Waals surface area contributed by atoms with Crippen molar-refractivity contribution >= 4 is 11.8 Å². The van der Waals surface area contributed by atoms with E-state index in [4.69, 9.17) is 4.74 Å². The third-order valence-electron chi connectivity index (χ3n) is 4.49. The van der Waals surface area contributed by atoms with E-state index >= 15 is 0 Å². The lowest BCUT2D eigenvalue weighted by Gasteiger charge is -2.43. The number of hydrogen-bond acceptors (Lipinski definition) is 4. The van der Waals surface area contributed by atoms with Gasteiger partial charge in [-0.3, -0.25) is 14.5 Å². The molecule has 1 saturated heterocycles. The number of carbonyl (C=O) groups excluding carboxylic acids is 2. The van der Waals surface area contributed by atoms with Crippen molar-refractivity contribution in [2.75, 3.05) is 32.8 Å². The first-order valence-electron chi connectivity index (χ1n) is 8.17. The van der Waals surface area contributed by atoms with Crippen LogP contribution in [-0.2, 0) is 14.3 Å². The summed E-state index contributed by atoms with van der Waals surface area (Å²) in [5, 5.41) is 5.75. The van der Waals surface area contributed by atoms with Gasteiger partial charge < -0.3 is 15.4 Å². The van der Waals surface area contributed by atoms with Crippen LogP contribution in [-0.4, -0.2) is 61.1 Å². The SMILES string of the molecule is CC[C@](C)(CNC(=O)[C@H](NC(C)=O)C(C)C)N1CCOCC1. The fourth-order valence-electron chi connectivity index (χ4n) is 2.71. The summed E-state index contributed by atoms with van der Waals surface area (Å²) in [6, 6.07) is -0.483. The summed E-state index contributed by atoms with van der Waals surface area (Å²) in [5.41, 5.74) is -0.0861. The van der Waals surface area contributed by atoms with Gasteiger partial charge in [-0.2, -0.15) is 0 Å². The summed E-state index contributed by atoms with van der Waals surface area (Å²) in [5.74, 6) is -0.237. The van der Waals surface area contributed by atoms with Gasteiger partial charge in [0.25, 0.3) is 0 Å². The molecule has 0 bridgehead atoms. The average molecular weight is 313 g/mol. The Kier molecular flexibility index (Phi) is 7.29. The molecule has 0 saturated carbocycles. The van der Waals surface area contributed by atoms with E-state index in [1.807, 2.05) is 13.8 Å². The van der Waals surface area contributed by atoms with Crippen molar-refractivity contribution in [2.24, 2.45) is 5.92 Å². The molecular formula is C16H31N3O3. The molecule has 0 spiro atoms. The number of amides is 2. The first-order valence-corrected chi connectivity index (χ1v) is 8.17. The van der Waals surface area contributed by atoms with E-state index < -0.39 is 6.04 Å². The first-order chi connectivity index (χ1) is 10.3. The fraction of sp³-hybridized carbons (Fsp3) is 0.875. The van der Waals surface area contributed by atoms with E-state index in [9.17, 15) is 9.59 Å². The van der Waals surface area contributed by atoms with Gasteiger partial charge in [0, 0.05) is 32.1 Å². The molecule has 22 heavy (non-hydrogen) atoms. The summed E-state index contributed by atoms with van der Waals surface area (Å²) >= 11 is 0. The van der Waals surface area contributed by atoms with Crippen molar-refractivity contribution in [3.05, 3.63) is 0 Å². The molecule has 2 atom stereocenters. The number of carbonyl (C=O) groups is 2. The third kappa shape index (κ3) is 5.25. The number of ether oxygens (including phenoxy) is 1. The maximum absolute atomic E-state index is 12.4. The van der Waals surface area contributed by atoms with Crippen molar-refractivity contribution < 1.29 is 14.3 Å². The highest BCUT2D eigenvalue weighted by atomic mass is 16.5. The van der Waals surface area contributed by atoms with E-state index in [0.717, 1.165) is 32.7 Å². The zero-order valence-electron chi connectivity index (χ0n) is 14.6. The molecule has 0 aromatic carbocycles. The summed E-state index contributed by atoms with van der Waals surface area (Å²) in [6.07, 6.45) is 0.944. The van der Waals surface area contributed by atoms with Gasteiger partial charge in [0.05, 0.1) is 13.2 Å². The monoisotopic (exact) mass is 313 g/mol. The number of morpholine rings is 1. The molecule has 0 unspecified atom stereocenters. The largest absolute Gasteiger partial charge is 0.379 e. The minimum Gasteiger partial charge on any atom is -0.379 e. The molecule has 0 radical (unpaired) electrons. The molecule has 0 aliphatic carbocycles. The lowest BCUT2D eigenvalue weighted by Crippen LogP contribution is -2.59. The van der Waals surface area contributed by atoms with Crippen LogP contribution in [0.15, 0.2) is 0 Å². The van der Waals surface area contributed by atoms with Crippen molar-refractivity contribution in [1.29, 1.82) is 0 Å². The highest BCUT2D eigenvalue weighted by molar-refractivity contribution is 5.87. The van der Waals surface area contributed by atoms with Crippen molar-refractivity contribution in [3.8, 4) is 0 Å². The normalized spacial score (nSPS) is 20.3. The Labute approximate surface area is 134 Å². The zero-order valence-corrected chi connectivity index (χ0v) is 14.6. The quantitative estimate of drug-likeness (QED) is 0.728. The molecule has 6 heteroatoms. The molecule has 0 aromatic rings. The Morgan fingerprint density at radius 2 is 1.86 bits per heavy atom. The van der Waals surface area contributed by atoms with Gasteiger partial charge in [-0.05, 0) is 19.3 Å². The molecular weight excluding hydrogens is 282 g/mol. The number of nitrogens with zero attached hydrogens (tertiary/aromatic N) is 1. The molecule has 1 rings (SSSR count). The van der Waals surface area contributed by atoms with Crippen LogP contribution in [0, 0.1) is 5.92 Å². The molecule has 2 N–H and O–H groups in total. The van der Waals surface area contributed by atoms with Crippen LogP contribution in [0.2, 0.25) is 0 Å². The van der Waals surface area contributed by atoms with E-state index in [0.29, 0.717) is 6.54 Å². The Morgan fingerprint density at radius 1 is 1.27 bits per heavy atom. The maximum Gasteiger partial charge on any atom is 0.242 e. The topological polar surface area (TPSA) is 70.7 Å². The Hall–Kier alpha value is -1.14. The van der Waals surface area contributed by atoms with E-state index in [-0.39, 0.29) is 23.3 Å². The van der Waals surface area contributed by atoms with Gasteiger partial charge in [0.1, 0.15) is 6.04 Å². The lowest BCUT2D eigenvalue weighted by atomic mass is 9.95. The summed E-state index contributed by atoms with van der Waals surface area (Å²) in [7, 11) is 0. The lowest BCUT2D eigenvalue weighted by molar-refractivity contribution is -0.129. The van der Waals surface area contributed by atoms with Crippen LogP contribution in [0.5, 0.6) is 0 Å². The van der Waals surface area contributed by atoms with E-state index in [1.165, 1.54) is 6.92 Å². The summed E-state index contributed by atoms with van der Waals surface area (Å²) in [4.78, 5) is 26.0. The van der Waals surface area contributed by atoms with Crippen LogP contribution >= 0.6 is 0 Å². The Morgan fingerprint density at radius 3 is 2.32 bits per heavy atom. The maximum atomic E-state index is 12.4. The van der Waals surface area contributed by atoms with Gasteiger partial charge >= 0.3 is 0 Å². The van der Waals surface area contributed by atoms with Crippen LogP contribution in [0.1, 0.15) is 41.0 Å². The standard InChI is InChI=1S/C16H31N3O3/c1-6-16(5,19-7-9-22-10-8-19)11-17-15(21)14(12(2)3)18-13(4)20/h12,14H,6-11H2,1-5H3,(H,17,21)(H,18,20)/t14-,16-/m1/s1. The van der Waals surface area contributed by atoms with Crippen LogP contribution in [0.25, 0.3) is 0 Å².